The van der Waals surface area contributed by atoms with E-state index in [0.717, 1.165) is 32.8 Å². The molecule has 0 saturated carbocycles. The molecule has 0 amide bonds. The van der Waals surface area contributed by atoms with Gasteiger partial charge in [-0.2, -0.15) is 0 Å². The summed E-state index contributed by atoms with van der Waals surface area (Å²) in [6.07, 6.45) is 1.22. The van der Waals surface area contributed by atoms with E-state index in [1.165, 1.54) is 13.0 Å². The maximum atomic E-state index is 4.97. The molecule has 1 fully saturated rings. The molecule has 0 bridgehead atoms. The maximum absolute atomic E-state index is 4.97. The molecule has 0 aromatic heterocycles. The topological polar surface area (TPSA) is 36.5 Å². The number of piperazine rings is 1. The lowest BCUT2D eigenvalue weighted by Crippen LogP contribution is -2.50. The summed E-state index contributed by atoms with van der Waals surface area (Å²) in [5.74, 6) is 0. The van der Waals surface area contributed by atoms with Crippen LogP contribution in [0.1, 0.15) is 6.42 Å². The first-order valence-electron chi connectivity index (χ1n) is 5.45. The predicted octanol–water partition coefficient (Wildman–Crippen LogP) is -0.484. The van der Waals surface area contributed by atoms with Crippen molar-refractivity contribution < 1.29 is 4.74 Å². The average Bonchev–Trinajstić information content (AvgIpc) is 2.20. The van der Waals surface area contributed by atoms with Gasteiger partial charge in [-0.3, -0.25) is 0 Å². The Balaban J connectivity index is 1.99. The number of ether oxygens (including phenoxy) is 1. The van der Waals surface area contributed by atoms with Crippen molar-refractivity contribution >= 4 is 0 Å². The lowest BCUT2D eigenvalue weighted by molar-refractivity contribution is 0.182. The van der Waals surface area contributed by atoms with Crippen molar-refractivity contribution in [2.45, 2.75) is 12.5 Å². The molecular weight excluding hydrogens is 178 g/mol. The summed E-state index contributed by atoms with van der Waals surface area (Å²) in [7, 11) is 3.95. The van der Waals surface area contributed by atoms with Gasteiger partial charge in [-0.15, -0.1) is 0 Å². The quantitative estimate of drug-likeness (QED) is 0.569. The van der Waals surface area contributed by atoms with E-state index >= 15 is 0 Å². The second kappa shape index (κ2) is 7.17. The van der Waals surface area contributed by atoms with E-state index in [1.807, 2.05) is 0 Å². The summed E-state index contributed by atoms with van der Waals surface area (Å²) in [6.45, 7) is 6.27. The number of likely N-dealkylation sites (N-methyl/N-ethyl adjacent to an activating group) is 1. The molecule has 0 aliphatic carbocycles. The predicted molar refractivity (Wildman–Crippen MR) is 58.7 cm³/mol. The van der Waals surface area contributed by atoms with Gasteiger partial charge in [0.1, 0.15) is 0 Å². The summed E-state index contributed by atoms with van der Waals surface area (Å²) < 4.78 is 4.97. The normalized spacial score (nSPS) is 24.0. The fraction of sp³-hybridized carbons (Fsp3) is 1.00. The maximum Gasteiger partial charge on any atom is 0.0587 e. The van der Waals surface area contributed by atoms with Gasteiger partial charge in [-0.05, 0) is 20.0 Å². The minimum atomic E-state index is 0.693. The molecule has 4 heteroatoms. The van der Waals surface area contributed by atoms with Crippen LogP contribution in [-0.2, 0) is 4.74 Å². The Labute approximate surface area is 87.0 Å². The summed E-state index contributed by atoms with van der Waals surface area (Å²) in [5, 5.41) is 6.80. The molecule has 2 N–H and O–H groups in total. The van der Waals surface area contributed by atoms with Crippen molar-refractivity contribution in [1.82, 2.24) is 15.5 Å². The van der Waals surface area contributed by atoms with Crippen molar-refractivity contribution in [2.75, 3.05) is 53.5 Å². The third kappa shape index (κ3) is 4.37. The van der Waals surface area contributed by atoms with Gasteiger partial charge < -0.3 is 20.3 Å². The van der Waals surface area contributed by atoms with Gasteiger partial charge in [0, 0.05) is 39.3 Å². The number of hydrogen-bond acceptors (Lipinski definition) is 4. The SMILES string of the molecule is COCCNCCC1CNCCN1C. The van der Waals surface area contributed by atoms with E-state index in [2.05, 4.69) is 22.6 Å². The molecule has 1 aliphatic rings. The molecule has 1 heterocycles. The fourth-order valence-corrected chi connectivity index (χ4v) is 1.75. The Morgan fingerprint density at radius 1 is 1.50 bits per heavy atom. The Kier molecular flexibility index (Phi) is 6.10. The number of nitrogens with zero attached hydrogens (tertiary/aromatic N) is 1. The fourth-order valence-electron chi connectivity index (χ4n) is 1.75. The Hall–Kier alpha value is -0.160. The first-order valence-corrected chi connectivity index (χ1v) is 5.45. The van der Waals surface area contributed by atoms with Crippen LogP contribution in [0, 0.1) is 0 Å². The summed E-state index contributed by atoms with van der Waals surface area (Å²) in [4.78, 5) is 2.44. The molecule has 0 aromatic carbocycles. The first-order chi connectivity index (χ1) is 6.84. The van der Waals surface area contributed by atoms with Crippen molar-refractivity contribution in [3.63, 3.8) is 0 Å². The standard InChI is InChI=1S/C10H23N3O/c1-13-7-5-12-9-10(13)3-4-11-6-8-14-2/h10-12H,3-9H2,1-2H3. The van der Waals surface area contributed by atoms with Gasteiger partial charge in [-0.1, -0.05) is 0 Å². The molecule has 1 aliphatic heterocycles. The summed E-state index contributed by atoms with van der Waals surface area (Å²) in [5.41, 5.74) is 0. The van der Waals surface area contributed by atoms with Crippen LogP contribution in [0.25, 0.3) is 0 Å². The van der Waals surface area contributed by atoms with Crippen LogP contribution in [0.2, 0.25) is 0 Å². The molecule has 1 unspecified atom stereocenters. The Morgan fingerprint density at radius 3 is 3.07 bits per heavy atom. The van der Waals surface area contributed by atoms with Crippen molar-refractivity contribution in [3.05, 3.63) is 0 Å². The van der Waals surface area contributed by atoms with Gasteiger partial charge in [0.2, 0.25) is 0 Å². The molecule has 1 saturated heterocycles. The van der Waals surface area contributed by atoms with Gasteiger partial charge >= 0.3 is 0 Å². The van der Waals surface area contributed by atoms with E-state index in [9.17, 15) is 0 Å². The lowest BCUT2D eigenvalue weighted by Gasteiger charge is -2.33. The smallest absolute Gasteiger partial charge is 0.0587 e. The van der Waals surface area contributed by atoms with E-state index in [0.29, 0.717) is 6.04 Å². The van der Waals surface area contributed by atoms with Gasteiger partial charge in [0.05, 0.1) is 6.61 Å². The minimum absolute atomic E-state index is 0.693. The zero-order chi connectivity index (χ0) is 10.2. The van der Waals surface area contributed by atoms with E-state index in [4.69, 9.17) is 4.74 Å². The van der Waals surface area contributed by atoms with Crippen LogP contribution >= 0.6 is 0 Å². The average molecular weight is 201 g/mol. The molecule has 4 nitrogen and oxygen atoms in total. The zero-order valence-corrected chi connectivity index (χ0v) is 9.38. The van der Waals surface area contributed by atoms with E-state index in [1.54, 1.807) is 7.11 Å². The summed E-state index contributed by atoms with van der Waals surface area (Å²) >= 11 is 0. The molecule has 0 aromatic rings. The number of nitrogens with one attached hydrogen (secondary N) is 2. The van der Waals surface area contributed by atoms with Crippen molar-refractivity contribution in [2.24, 2.45) is 0 Å². The summed E-state index contributed by atoms with van der Waals surface area (Å²) in [6, 6.07) is 0.693. The van der Waals surface area contributed by atoms with Gasteiger partial charge in [0.15, 0.2) is 0 Å². The van der Waals surface area contributed by atoms with Crippen molar-refractivity contribution in [1.29, 1.82) is 0 Å². The third-order valence-electron chi connectivity index (χ3n) is 2.78. The highest BCUT2D eigenvalue weighted by molar-refractivity contribution is 4.77. The van der Waals surface area contributed by atoms with Crippen LogP contribution in [0.5, 0.6) is 0 Å². The molecule has 14 heavy (non-hydrogen) atoms. The largest absolute Gasteiger partial charge is 0.383 e. The number of methoxy groups -OCH3 is 1. The van der Waals surface area contributed by atoms with Crippen LogP contribution in [0.4, 0.5) is 0 Å². The van der Waals surface area contributed by atoms with Gasteiger partial charge in [-0.25, -0.2) is 0 Å². The number of rotatable bonds is 6. The highest BCUT2D eigenvalue weighted by atomic mass is 16.5. The minimum Gasteiger partial charge on any atom is -0.383 e. The molecule has 0 spiro atoms. The Morgan fingerprint density at radius 2 is 2.36 bits per heavy atom. The van der Waals surface area contributed by atoms with Gasteiger partial charge in [0.25, 0.3) is 0 Å². The molecule has 84 valence electrons. The van der Waals surface area contributed by atoms with E-state index in [-0.39, 0.29) is 0 Å². The lowest BCUT2D eigenvalue weighted by atomic mass is 10.1. The van der Waals surface area contributed by atoms with E-state index < -0.39 is 0 Å². The highest BCUT2D eigenvalue weighted by Crippen LogP contribution is 2.02. The Bertz CT molecular complexity index is 143. The first kappa shape index (κ1) is 11.9. The second-order valence-electron chi connectivity index (χ2n) is 3.87. The number of hydrogen-bond donors (Lipinski definition) is 2. The molecule has 1 rings (SSSR count). The molecule has 1 atom stereocenters. The third-order valence-corrected chi connectivity index (χ3v) is 2.78. The van der Waals surface area contributed by atoms with Crippen LogP contribution in [0.15, 0.2) is 0 Å². The molecule has 0 radical (unpaired) electrons. The second-order valence-corrected chi connectivity index (χ2v) is 3.87. The van der Waals surface area contributed by atoms with Crippen LogP contribution in [-0.4, -0.2) is 64.4 Å². The highest BCUT2D eigenvalue weighted by Gasteiger charge is 2.17. The van der Waals surface area contributed by atoms with Crippen molar-refractivity contribution in [3.8, 4) is 0 Å². The van der Waals surface area contributed by atoms with Crippen LogP contribution in [0.3, 0.4) is 0 Å². The zero-order valence-electron chi connectivity index (χ0n) is 9.38. The molecular formula is C10H23N3O. The monoisotopic (exact) mass is 201 g/mol. The van der Waals surface area contributed by atoms with Crippen LogP contribution < -0.4 is 10.6 Å².